The van der Waals surface area contributed by atoms with Gasteiger partial charge >= 0.3 is 0 Å². The summed E-state index contributed by atoms with van der Waals surface area (Å²) in [6.07, 6.45) is 6.25. The number of pyridine rings is 1. The first-order chi connectivity index (χ1) is 13.1. The minimum absolute atomic E-state index is 0.184. The highest BCUT2D eigenvalue weighted by molar-refractivity contribution is 6.29. The molecule has 3 rings (SSSR count). The maximum Gasteiger partial charge on any atom is 0.255 e. The number of aromatic nitrogens is 1. The van der Waals surface area contributed by atoms with Crippen LogP contribution in [0, 0.1) is 11.7 Å². The molecule has 1 aromatic carbocycles. The summed E-state index contributed by atoms with van der Waals surface area (Å²) < 4.78 is 13.3. The fourth-order valence-electron chi connectivity index (χ4n) is 2.75. The van der Waals surface area contributed by atoms with Gasteiger partial charge in [-0.3, -0.25) is 9.79 Å². The molecule has 0 spiro atoms. The molecule has 2 N–H and O–H groups in total. The van der Waals surface area contributed by atoms with Gasteiger partial charge in [-0.25, -0.2) is 9.37 Å². The van der Waals surface area contributed by atoms with Gasteiger partial charge in [0.05, 0.1) is 5.56 Å². The van der Waals surface area contributed by atoms with Crippen LogP contribution in [0.3, 0.4) is 0 Å². The van der Waals surface area contributed by atoms with Crippen molar-refractivity contribution in [3.8, 4) is 0 Å². The largest absolute Gasteiger partial charge is 0.369 e. The predicted molar refractivity (Wildman–Crippen MR) is 106 cm³/mol. The lowest BCUT2D eigenvalue weighted by atomic mass is 10.1. The Morgan fingerprint density at radius 2 is 2.19 bits per heavy atom. The van der Waals surface area contributed by atoms with E-state index in [-0.39, 0.29) is 17.6 Å². The number of hydrogen-bond acceptors (Lipinski definition) is 4. The molecule has 1 amide bonds. The Labute approximate surface area is 162 Å². The summed E-state index contributed by atoms with van der Waals surface area (Å²) in [4.78, 5) is 21.0. The zero-order valence-electron chi connectivity index (χ0n) is 14.7. The fraction of sp³-hybridized carbons (Fsp3) is 0.250. The van der Waals surface area contributed by atoms with Crippen LogP contribution in [0.15, 0.2) is 53.5 Å². The minimum Gasteiger partial charge on any atom is -0.369 e. The minimum atomic E-state index is -0.269. The van der Waals surface area contributed by atoms with Crippen molar-refractivity contribution in [2.45, 2.75) is 6.42 Å². The number of rotatable bonds is 7. The third-order valence-corrected chi connectivity index (χ3v) is 4.35. The van der Waals surface area contributed by atoms with Crippen molar-refractivity contribution in [2.24, 2.45) is 10.9 Å². The fourth-order valence-corrected chi connectivity index (χ4v) is 2.89. The van der Waals surface area contributed by atoms with Gasteiger partial charge in [0.1, 0.15) is 16.8 Å². The molecular weight excluding hydrogens is 367 g/mol. The molecule has 0 radical (unpaired) electrons. The molecule has 0 aliphatic carbocycles. The number of aliphatic imine (C=N–C) groups is 1. The number of dihydropyridines is 1. The van der Waals surface area contributed by atoms with Crippen molar-refractivity contribution in [3.63, 3.8) is 0 Å². The van der Waals surface area contributed by atoms with Gasteiger partial charge in [0.25, 0.3) is 5.91 Å². The van der Waals surface area contributed by atoms with Crippen LogP contribution in [0.1, 0.15) is 15.9 Å². The van der Waals surface area contributed by atoms with Crippen molar-refractivity contribution in [3.05, 3.63) is 70.6 Å². The molecule has 0 bridgehead atoms. The van der Waals surface area contributed by atoms with Crippen LogP contribution in [-0.2, 0) is 6.42 Å². The Balaban J connectivity index is 1.60. The topological polar surface area (TPSA) is 66.4 Å². The number of anilines is 1. The molecule has 2 heterocycles. The molecule has 2 aromatic rings. The Bertz CT molecular complexity index is 869. The van der Waals surface area contributed by atoms with Crippen LogP contribution >= 0.6 is 11.6 Å². The maximum absolute atomic E-state index is 13.3. The van der Waals surface area contributed by atoms with Gasteiger partial charge in [-0.15, -0.1) is 0 Å². The Morgan fingerprint density at radius 3 is 2.96 bits per heavy atom. The van der Waals surface area contributed by atoms with E-state index in [4.69, 9.17) is 11.6 Å². The number of hydrogen-bond donors (Lipinski definition) is 2. The molecule has 1 aliphatic heterocycles. The van der Waals surface area contributed by atoms with Gasteiger partial charge in [-0.05, 0) is 42.3 Å². The summed E-state index contributed by atoms with van der Waals surface area (Å²) in [5, 5.41) is 6.33. The monoisotopic (exact) mass is 386 g/mol. The van der Waals surface area contributed by atoms with Crippen LogP contribution < -0.4 is 10.6 Å². The second-order valence-electron chi connectivity index (χ2n) is 6.21. The summed E-state index contributed by atoms with van der Waals surface area (Å²) in [5.41, 5.74) is 1.28. The number of nitrogens with one attached hydrogen (secondary N) is 2. The lowest BCUT2D eigenvalue weighted by Crippen LogP contribution is -2.31. The average Bonchev–Trinajstić information content (AvgIpc) is 2.67. The van der Waals surface area contributed by atoms with Gasteiger partial charge < -0.3 is 10.6 Å². The zero-order valence-corrected chi connectivity index (χ0v) is 15.4. The molecule has 5 nitrogen and oxygen atoms in total. The van der Waals surface area contributed by atoms with E-state index in [1.165, 1.54) is 12.1 Å². The highest BCUT2D eigenvalue weighted by Crippen LogP contribution is 2.17. The predicted octanol–water partition coefficient (Wildman–Crippen LogP) is 3.52. The van der Waals surface area contributed by atoms with E-state index in [1.807, 2.05) is 18.2 Å². The average molecular weight is 387 g/mol. The van der Waals surface area contributed by atoms with E-state index < -0.39 is 0 Å². The summed E-state index contributed by atoms with van der Waals surface area (Å²) in [6.45, 7) is 1.66. The standard InChI is InChI=1S/C20H20ClFN4O/c21-18-7-6-17(20(27)25-13-15-4-2-9-23-12-15)19(26-18)24-10-8-14-3-1-5-16(22)11-14/h1-7,9,11,15H,8,10,12-13H2,(H,24,26)(H,25,27). The van der Waals surface area contributed by atoms with Gasteiger partial charge in [-0.1, -0.05) is 29.8 Å². The third kappa shape index (κ3) is 5.62. The Hall–Kier alpha value is -2.73. The Kier molecular flexibility index (Phi) is 6.54. The van der Waals surface area contributed by atoms with E-state index >= 15 is 0 Å². The number of benzene rings is 1. The van der Waals surface area contributed by atoms with Crippen molar-refractivity contribution in [1.82, 2.24) is 10.3 Å². The number of nitrogens with zero attached hydrogens (tertiary/aromatic N) is 2. The number of carbonyl (C=O) groups excluding carboxylic acids is 1. The quantitative estimate of drug-likeness (QED) is 0.715. The van der Waals surface area contributed by atoms with Crippen molar-refractivity contribution < 1.29 is 9.18 Å². The molecule has 1 aliphatic rings. The van der Waals surface area contributed by atoms with E-state index in [2.05, 4.69) is 20.6 Å². The molecule has 1 unspecified atom stereocenters. The third-order valence-electron chi connectivity index (χ3n) is 4.14. The number of allylic oxidation sites excluding steroid dienone is 1. The van der Waals surface area contributed by atoms with Gasteiger partial charge in [0.2, 0.25) is 0 Å². The summed E-state index contributed by atoms with van der Waals surface area (Å²) in [5.74, 6) is 0.0992. The van der Waals surface area contributed by atoms with Gasteiger partial charge in [0, 0.05) is 31.8 Å². The summed E-state index contributed by atoms with van der Waals surface area (Å²) >= 11 is 5.98. The van der Waals surface area contributed by atoms with E-state index in [0.717, 1.165) is 5.56 Å². The number of halogens is 2. The van der Waals surface area contributed by atoms with E-state index in [1.54, 1.807) is 24.4 Å². The molecule has 27 heavy (non-hydrogen) atoms. The van der Waals surface area contributed by atoms with Crippen LogP contribution in [0.4, 0.5) is 10.2 Å². The lowest BCUT2D eigenvalue weighted by Gasteiger charge is -2.15. The first kappa shape index (κ1) is 19.0. The van der Waals surface area contributed by atoms with Crippen LogP contribution in [0.5, 0.6) is 0 Å². The van der Waals surface area contributed by atoms with Gasteiger partial charge in [-0.2, -0.15) is 0 Å². The normalized spacial score (nSPS) is 15.6. The molecular formula is C20H20ClFN4O. The highest BCUT2D eigenvalue weighted by Gasteiger charge is 2.15. The van der Waals surface area contributed by atoms with Crippen molar-refractivity contribution >= 4 is 29.5 Å². The van der Waals surface area contributed by atoms with E-state index in [9.17, 15) is 9.18 Å². The molecule has 1 aromatic heterocycles. The number of carbonyl (C=O) groups is 1. The first-order valence-corrected chi connectivity index (χ1v) is 9.09. The molecule has 1 atom stereocenters. The number of amides is 1. The molecule has 0 saturated heterocycles. The summed E-state index contributed by atoms with van der Waals surface area (Å²) in [6, 6.07) is 9.64. The molecule has 0 saturated carbocycles. The smallest absolute Gasteiger partial charge is 0.255 e. The molecule has 7 heteroatoms. The van der Waals surface area contributed by atoms with Crippen molar-refractivity contribution in [2.75, 3.05) is 25.0 Å². The molecule has 0 fully saturated rings. The first-order valence-electron chi connectivity index (χ1n) is 8.71. The lowest BCUT2D eigenvalue weighted by molar-refractivity contribution is 0.0950. The molecule has 140 valence electrons. The van der Waals surface area contributed by atoms with Crippen LogP contribution in [0.2, 0.25) is 5.15 Å². The SMILES string of the molecule is O=C(NCC1C=CC=NC1)c1ccc(Cl)nc1NCCc1cccc(F)c1. The van der Waals surface area contributed by atoms with Crippen molar-refractivity contribution in [1.29, 1.82) is 0 Å². The van der Waals surface area contributed by atoms with Crippen LogP contribution in [-0.4, -0.2) is 36.7 Å². The zero-order chi connectivity index (χ0) is 19.1. The summed E-state index contributed by atoms with van der Waals surface area (Å²) in [7, 11) is 0. The second-order valence-corrected chi connectivity index (χ2v) is 6.59. The second kappa shape index (κ2) is 9.28. The van der Waals surface area contributed by atoms with E-state index in [0.29, 0.717) is 42.6 Å². The highest BCUT2D eigenvalue weighted by atomic mass is 35.5. The van der Waals surface area contributed by atoms with Crippen LogP contribution in [0.25, 0.3) is 0 Å². The Morgan fingerprint density at radius 1 is 1.30 bits per heavy atom. The maximum atomic E-state index is 13.3. The van der Waals surface area contributed by atoms with Gasteiger partial charge in [0.15, 0.2) is 0 Å².